The van der Waals surface area contributed by atoms with Crippen LogP contribution >= 0.6 is 11.6 Å². The first-order valence-corrected chi connectivity index (χ1v) is 9.69. The Bertz CT molecular complexity index is 1040. The number of carbonyl (C=O) groups excluding carboxylic acids is 1. The summed E-state index contributed by atoms with van der Waals surface area (Å²) in [6.07, 6.45) is 4.19. The number of H-pyrrole nitrogens is 1. The highest BCUT2D eigenvalue weighted by atomic mass is 35.5. The molecule has 0 spiro atoms. The predicted molar refractivity (Wildman–Crippen MR) is 109 cm³/mol. The summed E-state index contributed by atoms with van der Waals surface area (Å²) in [5.74, 6) is -0.217. The van der Waals surface area contributed by atoms with Crippen molar-refractivity contribution in [3.8, 4) is 0 Å². The van der Waals surface area contributed by atoms with Crippen LogP contribution in [-0.2, 0) is 4.79 Å². The number of amides is 1. The highest BCUT2D eigenvalue weighted by Crippen LogP contribution is 2.36. The molecule has 1 amide bonds. The largest absolute Gasteiger partial charge is 0.361 e. The molecule has 4 rings (SSSR count). The minimum absolute atomic E-state index is 0.0222. The fourth-order valence-corrected chi connectivity index (χ4v) is 4.11. The Morgan fingerprint density at radius 2 is 2.00 bits per heavy atom. The molecule has 1 atom stereocenters. The zero-order valence-electron chi connectivity index (χ0n) is 15.2. The summed E-state index contributed by atoms with van der Waals surface area (Å²) in [4.78, 5) is 28.9. The molecule has 1 aliphatic heterocycles. The first kappa shape index (κ1) is 18.5. The maximum Gasteiger partial charge on any atom is 0.269 e. The molecule has 0 radical (unpaired) electrons. The summed E-state index contributed by atoms with van der Waals surface area (Å²) in [7, 11) is 0. The molecule has 0 bridgehead atoms. The molecule has 28 heavy (non-hydrogen) atoms. The van der Waals surface area contributed by atoms with Crippen molar-refractivity contribution in [3.05, 3.63) is 74.9 Å². The van der Waals surface area contributed by atoms with Crippen molar-refractivity contribution < 1.29 is 9.72 Å². The molecule has 7 heteroatoms. The lowest BCUT2D eigenvalue weighted by atomic mass is 9.87. The lowest BCUT2D eigenvalue weighted by Gasteiger charge is -2.21. The van der Waals surface area contributed by atoms with E-state index in [2.05, 4.69) is 4.98 Å². The quantitative estimate of drug-likeness (QED) is 0.492. The average molecular weight is 398 g/mol. The van der Waals surface area contributed by atoms with E-state index in [-0.39, 0.29) is 23.9 Å². The number of carbonyl (C=O) groups is 1. The van der Waals surface area contributed by atoms with Crippen molar-refractivity contribution in [2.75, 3.05) is 13.1 Å². The Labute approximate surface area is 167 Å². The van der Waals surface area contributed by atoms with Gasteiger partial charge in [-0.15, -0.1) is 0 Å². The molecule has 6 nitrogen and oxygen atoms in total. The maximum absolute atomic E-state index is 12.9. The first-order chi connectivity index (χ1) is 13.5. The molecule has 1 N–H and O–H groups in total. The molecule has 1 fully saturated rings. The number of hydrogen-bond donors (Lipinski definition) is 1. The van der Waals surface area contributed by atoms with Gasteiger partial charge >= 0.3 is 0 Å². The smallest absolute Gasteiger partial charge is 0.269 e. The third-order valence-electron chi connectivity index (χ3n) is 5.37. The van der Waals surface area contributed by atoms with Gasteiger partial charge in [0.1, 0.15) is 0 Å². The molecular formula is C21H20ClN3O3. The van der Waals surface area contributed by atoms with Crippen LogP contribution < -0.4 is 0 Å². The maximum atomic E-state index is 12.9. The Morgan fingerprint density at radius 1 is 1.21 bits per heavy atom. The fraction of sp³-hybridized carbons (Fsp3) is 0.286. The van der Waals surface area contributed by atoms with Crippen molar-refractivity contribution in [1.82, 2.24) is 9.88 Å². The van der Waals surface area contributed by atoms with Gasteiger partial charge in [0, 0.05) is 59.7 Å². The second-order valence-electron chi connectivity index (χ2n) is 7.13. The normalized spacial score (nSPS) is 15.1. The second-order valence-corrected chi connectivity index (χ2v) is 7.57. The topological polar surface area (TPSA) is 79.2 Å². The van der Waals surface area contributed by atoms with Crippen LogP contribution in [-0.4, -0.2) is 33.8 Å². The zero-order chi connectivity index (χ0) is 19.7. The van der Waals surface area contributed by atoms with E-state index in [4.69, 9.17) is 11.6 Å². The Balaban J connectivity index is 1.78. The molecule has 1 aromatic heterocycles. The van der Waals surface area contributed by atoms with Gasteiger partial charge in [0.15, 0.2) is 0 Å². The van der Waals surface area contributed by atoms with Crippen molar-refractivity contribution in [1.29, 1.82) is 0 Å². The van der Waals surface area contributed by atoms with Gasteiger partial charge in [-0.25, -0.2) is 0 Å². The number of fused-ring (bicyclic) bond motifs is 1. The number of benzene rings is 2. The number of nitrogens with zero attached hydrogens (tertiary/aromatic N) is 2. The van der Waals surface area contributed by atoms with E-state index in [0.29, 0.717) is 5.02 Å². The van der Waals surface area contributed by atoms with Gasteiger partial charge in [0.05, 0.1) is 4.92 Å². The summed E-state index contributed by atoms with van der Waals surface area (Å²) in [5.41, 5.74) is 2.62. The number of aromatic amines is 1. The van der Waals surface area contributed by atoms with Gasteiger partial charge < -0.3 is 9.88 Å². The van der Waals surface area contributed by atoms with Gasteiger partial charge in [-0.3, -0.25) is 14.9 Å². The van der Waals surface area contributed by atoms with Gasteiger partial charge in [0.2, 0.25) is 5.91 Å². The molecule has 1 saturated heterocycles. The SMILES string of the molecule is O=C(C[C@@H](c1cccc([N+](=O)[O-])c1)c1c[nH]c2ccc(Cl)cc12)N1CCCC1. The molecule has 144 valence electrons. The molecule has 2 aromatic carbocycles. The van der Waals surface area contributed by atoms with Gasteiger partial charge in [-0.05, 0) is 42.2 Å². The number of rotatable bonds is 5. The molecule has 1 aliphatic rings. The number of nitro groups is 1. The van der Waals surface area contributed by atoms with Crippen LogP contribution in [0.1, 0.15) is 36.3 Å². The Kier molecular flexibility index (Phi) is 5.05. The highest BCUT2D eigenvalue weighted by molar-refractivity contribution is 6.31. The minimum Gasteiger partial charge on any atom is -0.361 e. The van der Waals surface area contributed by atoms with E-state index in [9.17, 15) is 14.9 Å². The molecule has 0 aliphatic carbocycles. The van der Waals surface area contributed by atoms with E-state index in [0.717, 1.165) is 48.0 Å². The summed E-state index contributed by atoms with van der Waals surface area (Å²) in [6.45, 7) is 1.56. The Hall–Kier alpha value is -2.86. The molecule has 0 saturated carbocycles. The van der Waals surface area contributed by atoms with Crippen LogP contribution in [0.3, 0.4) is 0 Å². The number of likely N-dealkylation sites (tertiary alicyclic amines) is 1. The van der Waals surface area contributed by atoms with Gasteiger partial charge in [-0.2, -0.15) is 0 Å². The van der Waals surface area contributed by atoms with Crippen molar-refractivity contribution >= 4 is 34.1 Å². The number of halogens is 1. The van der Waals surface area contributed by atoms with Crippen LogP contribution in [0.15, 0.2) is 48.7 Å². The lowest BCUT2D eigenvalue weighted by molar-refractivity contribution is -0.384. The molecule has 2 heterocycles. The van der Waals surface area contributed by atoms with Crippen molar-refractivity contribution in [2.24, 2.45) is 0 Å². The van der Waals surface area contributed by atoms with Crippen LogP contribution in [0.4, 0.5) is 5.69 Å². The monoisotopic (exact) mass is 397 g/mol. The minimum atomic E-state index is -0.408. The van der Waals surface area contributed by atoms with Gasteiger partial charge in [0.25, 0.3) is 5.69 Å². The third kappa shape index (κ3) is 3.60. The van der Waals surface area contributed by atoms with E-state index in [1.54, 1.807) is 12.1 Å². The van der Waals surface area contributed by atoms with Crippen LogP contribution in [0, 0.1) is 10.1 Å². The summed E-state index contributed by atoms with van der Waals surface area (Å²) in [5, 5.41) is 12.8. The van der Waals surface area contributed by atoms with Crippen LogP contribution in [0.25, 0.3) is 10.9 Å². The van der Waals surface area contributed by atoms with Crippen LogP contribution in [0.2, 0.25) is 5.02 Å². The van der Waals surface area contributed by atoms with E-state index < -0.39 is 4.92 Å². The Morgan fingerprint density at radius 3 is 2.75 bits per heavy atom. The highest BCUT2D eigenvalue weighted by Gasteiger charge is 2.26. The standard InChI is InChI=1S/C21H20ClN3O3/c22-15-6-7-20-18(11-15)19(13-23-20)17(12-21(26)24-8-1-2-9-24)14-4-3-5-16(10-14)25(27)28/h3-7,10-11,13,17,23H,1-2,8-9,12H2/t17-/m0/s1. The van der Waals surface area contributed by atoms with Crippen LogP contribution in [0.5, 0.6) is 0 Å². The predicted octanol–water partition coefficient (Wildman–Crippen LogP) is 4.87. The number of hydrogen-bond acceptors (Lipinski definition) is 3. The molecular weight excluding hydrogens is 378 g/mol. The van der Waals surface area contributed by atoms with E-state index in [1.807, 2.05) is 35.4 Å². The molecule has 3 aromatic rings. The second kappa shape index (κ2) is 7.64. The number of non-ortho nitro benzene ring substituents is 1. The van der Waals surface area contributed by atoms with Crippen molar-refractivity contribution in [2.45, 2.75) is 25.2 Å². The number of nitrogens with one attached hydrogen (secondary N) is 1. The summed E-state index contributed by atoms with van der Waals surface area (Å²) < 4.78 is 0. The number of nitro benzene ring substituents is 1. The van der Waals surface area contributed by atoms with Crippen molar-refractivity contribution in [3.63, 3.8) is 0 Å². The first-order valence-electron chi connectivity index (χ1n) is 9.31. The van der Waals surface area contributed by atoms with Gasteiger partial charge in [-0.1, -0.05) is 23.7 Å². The van der Waals surface area contributed by atoms with E-state index in [1.165, 1.54) is 6.07 Å². The summed E-state index contributed by atoms with van der Waals surface area (Å²) in [6, 6.07) is 12.1. The lowest BCUT2D eigenvalue weighted by Crippen LogP contribution is -2.29. The fourth-order valence-electron chi connectivity index (χ4n) is 3.94. The van der Waals surface area contributed by atoms with E-state index >= 15 is 0 Å². The number of aromatic nitrogens is 1. The molecule has 0 unspecified atom stereocenters. The zero-order valence-corrected chi connectivity index (χ0v) is 16.0. The summed E-state index contributed by atoms with van der Waals surface area (Å²) >= 11 is 6.20. The third-order valence-corrected chi connectivity index (χ3v) is 5.61. The average Bonchev–Trinajstić information content (AvgIpc) is 3.36.